The Bertz CT molecular complexity index is 570. The van der Waals surface area contributed by atoms with Gasteiger partial charge in [-0.2, -0.15) is 0 Å². The zero-order valence-corrected chi connectivity index (χ0v) is 20.1. The number of carbonyl (C=O) groups excluding carboxylic acids is 1. The van der Waals surface area contributed by atoms with E-state index in [0.717, 1.165) is 84.1 Å². The molecule has 0 spiro atoms. The van der Waals surface area contributed by atoms with Gasteiger partial charge in [0, 0.05) is 50.7 Å². The first-order chi connectivity index (χ1) is 15.1. The zero-order chi connectivity index (χ0) is 22.1. The number of nitrogens with zero attached hydrogens (tertiary/aromatic N) is 3. The molecule has 0 aromatic rings. The molecule has 1 aliphatic carbocycles. The lowest BCUT2D eigenvalue weighted by atomic mass is 9.88. The summed E-state index contributed by atoms with van der Waals surface area (Å²) < 4.78 is 5.55. The van der Waals surface area contributed by atoms with E-state index < -0.39 is 0 Å². The maximum atomic E-state index is 12.9. The monoisotopic (exact) mass is 435 g/mol. The average Bonchev–Trinajstić information content (AvgIpc) is 3.25. The van der Waals surface area contributed by atoms with Gasteiger partial charge in [-0.25, -0.2) is 0 Å². The molecule has 2 saturated heterocycles. The summed E-state index contributed by atoms with van der Waals surface area (Å²) >= 11 is 0. The first kappa shape index (κ1) is 24.3. The summed E-state index contributed by atoms with van der Waals surface area (Å²) in [4.78, 5) is 22.5. The molecule has 0 radical (unpaired) electrons. The van der Waals surface area contributed by atoms with Gasteiger partial charge >= 0.3 is 0 Å². The molecule has 2 aliphatic heterocycles. The SMILES string of the molecule is CCNC(=NCC(CC(C)C)N1CCOCC1)NC1CCN(C(=O)C2CCCCC2)C1. The van der Waals surface area contributed by atoms with Crippen molar-refractivity contribution < 1.29 is 9.53 Å². The molecule has 2 unspecified atom stereocenters. The van der Waals surface area contributed by atoms with Crippen molar-refractivity contribution >= 4 is 11.9 Å². The van der Waals surface area contributed by atoms with Crippen molar-refractivity contribution in [2.24, 2.45) is 16.8 Å². The van der Waals surface area contributed by atoms with Crippen LogP contribution in [0.15, 0.2) is 4.99 Å². The van der Waals surface area contributed by atoms with Crippen molar-refractivity contribution in [3.8, 4) is 0 Å². The van der Waals surface area contributed by atoms with E-state index in [1.165, 1.54) is 19.3 Å². The van der Waals surface area contributed by atoms with Crippen molar-refractivity contribution in [3.05, 3.63) is 0 Å². The topological polar surface area (TPSA) is 69.2 Å². The number of guanidine groups is 1. The number of likely N-dealkylation sites (tertiary alicyclic amines) is 1. The fourth-order valence-electron chi connectivity index (χ4n) is 5.22. The van der Waals surface area contributed by atoms with E-state index in [9.17, 15) is 4.79 Å². The maximum absolute atomic E-state index is 12.9. The van der Waals surface area contributed by atoms with Crippen molar-refractivity contribution in [1.29, 1.82) is 0 Å². The average molecular weight is 436 g/mol. The largest absolute Gasteiger partial charge is 0.379 e. The molecule has 3 rings (SSSR count). The Morgan fingerprint density at radius 1 is 1.10 bits per heavy atom. The molecule has 1 amide bonds. The molecular weight excluding hydrogens is 390 g/mol. The van der Waals surface area contributed by atoms with Crippen LogP contribution in [0.2, 0.25) is 0 Å². The number of rotatable bonds is 8. The highest BCUT2D eigenvalue weighted by Crippen LogP contribution is 2.26. The van der Waals surface area contributed by atoms with Gasteiger partial charge in [-0.15, -0.1) is 0 Å². The summed E-state index contributed by atoms with van der Waals surface area (Å²) in [6, 6.07) is 0.740. The predicted molar refractivity (Wildman–Crippen MR) is 126 cm³/mol. The number of aliphatic imine (C=N–C) groups is 1. The zero-order valence-electron chi connectivity index (χ0n) is 20.1. The first-order valence-electron chi connectivity index (χ1n) is 12.7. The van der Waals surface area contributed by atoms with Gasteiger partial charge < -0.3 is 20.3 Å². The smallest absolute Gasteiger partial charge is 0.225 e. The number of hydrogen-bond donors (Lipinski definition) is 2. The Morgan fingerprint density at radius 2 is 1.84 bits per heavy atom. The summed E-state index contributed by atoms with van der Waals surface area (Å²) in [5, 5.41) is 7.04. The molecular formula is C24H45N5O2. The Morgan fingerprint density at radius 3 is 2.52 bits per heavy atom. The standard InChI is InChI=1S/C24H45N5O2/c1-4-25-24(26-17-22(16-19(2)3)28-12-14-31-15-13-28)27-21-10-11-29(18-21)23(30)20-8-6-5-7-9-20/h19-22H,4-18H2,1-3H3,(H2,25,26,27). The molecule has 3 aliphatic rings. The first-order valence-corrected chi connectivity index (χ1v) is 12.7. The lowest BCUT2D eigenvalue weighted by Gasteiger charge is -2.34. The second kappa shape index (κ2) is 12.6. The van der Waals surface area contributed by atoms with Crippen LogP contribution in [-0.4, -0.2) is 86.2 Å². The van der Waals surface area contributed by atoms with Crippen molar-refractivity contribution in [3.63, 3.8) is 0 Å². The summed E-state index contributed by atoms with van der Waals surface area (Å²) in [7, 11) is 0. The minimum absolute atomic E-state index is 0.264. The van der Waals surface area contributed by atoms with E-state index in [2.05, 4.69) is 41.2 Å². The van der Waals surface area contributed by atoms with Gasteiger partial charge in [0.15, 0.2) is 5.96 Å². The number of hydrogen-bond acceptors (Lipinski definition) is 4. The van der Waals surface area contributed by atoms with E-state index in [1.807, 2.05) is 0 Å². The maximum Gasteiger partial charge on any atom is 0.225 e. The van der Waals surface area contributed by atoms with E-state index >= 15 is 0 Å². The molecule has 0 aromatic carbocycles. The van der Waals surface area contributed by atoms with Gasteiger partial charge in [-0.1, -0.05) is 33.1 Å². The number of amides is 1. The van der Waals surface area contributed by atoms with Gasteiger partial charge in [0.1, 0.15) is 0 Å². The number of carbonyl (C=O) groups is 1. The lowest BCUT2D eigenvalue weighted by Crippen LogP contribution is -2.48. The Hall–Kier alpha value is -1.34. The summed E-state index contributed by atoms with van der Waals surface area (Å²) in [5.74, 6) is 2.18. The van der Waals surface area contributed by atoms with Crippen LogP contribution in [-0.2, 0) is 9.53 Å². The molecule has 3 fully saturated rings. The van der Waals surface area contributed by atoms with E-state index in [1.54, 1.807) is 0 Å². The molecule has 7 nitrogen and oxygen atoms in total. The normalized spacial score (nSPS) is 25.1. The Labute approximate surface area is 189 Å². The van der Waals surface area contributed by atoms with Gasteiger partial charge in [0.25, 0.3) is 0 Å². The third-order valence-corrected chi connectivity index (χ3v) is 6.91. The molecule has 178 valence electrons. The fraction of sp³-hybridized carbons (Fsp3) is 0.917. The second-order valence-corrected chi connectivity index (χ2v) is 9.90. The quantitative estimate of drug-likeness (QED) is 0.453. The van der Waals surface area contributed by atoms with Crippen molar-refractivity contribution in [2.45, 2.75) is 77.8 Å². The van der Waals surface area contributed by atoms with Gasteiger partial charge in [-0.3, -0.25) is 14.7 Å². The van der Waals surface area contributed by atoms with E-state index in [0.29, 0.717) is 17.9 Å². The van der Waals surface area contributed by atoms with Gasteiger partial charge in [0.2, 0.25) is 5.91 Å². The van der Waals surface area contributed by atoms with Crippen LogP contribution in [0, 0.1) is 11.8 Å². The van der Waals surface area contributed by atoms with Crippen LogP contribution in [0.5, 0.6) is 0 Å². The number of morpholine rings is 1. The molecule has 0 bridgehead atoms. The molecule has 0 aromatic heterocycles. The third kappa shape index (κ3) is 7.63. The molecule has 2 heterocycles. The lowest BCUT2D eigenvalue weighted by molar-refractivity contribution is -0.135. The van der Waals surface area contributed by atoms with Crippen LogP contribution < -0.4 is 10.6 Å². The molecule has 2 atom stereocenters. The fourth-order valence-corrected chi connectivity index (χ4v) is 5.22. The van der Waals surface area contributed by atoms with Gasteiger partial charge in [-0.05, 0) is 38.5 Å². The minimum Gasteiger partial charge on any atom is -0.379 e. The summed E-state index contributed by atoms with van der Waals surface area (Å²) in [5.41, 5.74) is 0. The third-order valence-electron chi connectivity index (χ3n) is 6.91. The van der Waals surface area contributed by atoms with Crippen LogP contribution in [0.1, 0.15) is 65.7 Å². The van der Waals surface area contributed by atoms with E-state index in [4.69, 9.17) is 9.73 Å². The highest BCUT2D eigenvalue weighted by atomic mass is 16.5. The predicted octanol–water partition coefficient (Wildman–Crippen LogP) is 2.47. The minimum atomic E-state index is 0.264. The molecule has 7 heteroatoms. The number of ether oxygens (including phenoxy) is 1. The van der Waals surface area contributed by atoms with Crippen LogP contribution in [0.4, 0.5) is 0 Å². The highest BCUT2D eigenvalue weighted by Gasteiger charge is 2.32. The van der Waals surface area contributed by atoms with Crippen LogP contribution in [0.25, 0.3) is 0 Å². The molecule has 2 N–H and O–H groups in total. The van der Waals surface area contributed by atoms with Crippen molar-refractivity contribution in [2.75, 3.05) is 52.5 Å². The molecule has 1 saturated carbocycles. The highest BCUT2D eigenvalue weighted by molar-refractivity contribution is 5.81. The second-order valence-electron chi connectivity index (χ2n) is 9.90. The summed E-state index contributed by atoms with van der Waals surface area (Å²) in [6.07, 6.45) is 8.02. The summed E-state index contributed by atoms with van der Waals surface area (Å²) in [6.45, 7) is 13.6. The van der Waals surface area contributed by atoms with Crippen LogP contribution >= 0.6 is 0 Å². The Kier molecular flexibility index (Phi) is 9.91. The van der Waals surface area contributed by atoms with Gasteiger partial charge in [0.05, 0.1) is 19.8 Å². The Balaban J connectivity index is 1.54. The van der Waals surface area contributed by atoms with Crippen LogP contribution in [0.3, 0.4) is 0 Å². The number of nitrogens with one attached hydrogen (secondary N) is 2. The van der Waals surface area contributed by atoms with E-state index in [-0.39, 0.29) is 12.0 Å². The molecule has 31 heavy (non-hydrogen) atoms. The van der Waals surface area contributed by atoms with Crippen molar-refractivity contribution in [1.82, 2.24) is 20.4 Å².